The van der Waals surface area contributed by atoms with Crippen molar-refractivity contribution in [1.29, 1.82) is 5.26 Å². The molecule has 3 rings (SSSR count). The van der Waals surface area contributed by atoms with Crippen molar-refractivity contribution < 1.29 is 24.2 Å². The number of aliphatic carboxylic acids is 1. The van der Waals surface area contributed by atoms with Crippen LogP contribution in [0.5, 0.6) is 0 Å². The standard InChI is InChI=1S/C26H29N3O5/c1-2-22(25(31)32)28-24(30)23(14-4-3-9-15-27)29-26(33)34-16-21-19-12-7-5-10-17(19)18-11-6-8-13-20(18)21/h5-8,10-13,21-23H,2-4,9,14,16H2,1H3,(H,28,30)(H,29,33)(H,31,32)/t22-,23?/m0/s1. The van der Waals surface area contributed by atoms with Gasteiger partial charge in [-0.05, 0) is 47.9 Å². The number of carboxylic acid groups (broad SMARTS) is 1. The first-order valence-electron chi connectivity index (χ1n) is 11.5. The van der Waals surface area contributed by atoms with E-state index in [-0.39, 0.29) is 25.4 Å². The Morgan fingerprint density at radius 3 is 2.18 bits per heavy atom. The summed E-state index contributed by atoms with van der Waals surface area (Å²) < 4.78 is 5.53. The molecule has 0 radical (unpaired) electrons. The summed E-state index contributed by atoms with van der Waals surface area (Å²) in [6, 6.07) is 16.0. The number of carboxylic acids is 1. The molecule has 0 saturated heterocycles. The first-order chi connectivity index (χ1) is 16.5. The number of nitriles is 1. The van der Waals surface area contributed by atoms with Gasteiger partial charge in [-0.25, -0.2) is 9.59 Å². The third kappa shape index (κ3) is 5.93. The second kappa shape index (κ2) is 11.8. The van der Waals surface area contributed by atoms with Crippen molar-refractivity contribution in [3.63, 3.8) is 0 Å². The van der Waals surface area contributed by atoms with Gasteiger partial charge in [-0.3, -0.25) is 4.79 Å². The van der Waals surface area contributed by atoms with Crippen LogP contribution >= 0.6 is 0 Å². The minimum Gasteiger partial charge on any atom is -0.480 e. The second-order valence-corrected chi connectivity index (χ2v) is 8.23. The lowest BCUT2D eigenvalue weighted by Gasteiger charge is -2.21. The van der Waals surface area contributed by atoms with Gasteiger partial charge in [0.05, 0.1) is 6.07 Å². The van der Waals surface area contributed by atoms with Gasteiger partial charge in [0.1, 0.15) is 18.7 Å². The Morgan fingerprint density at radius 2 is 1.62 bits per heavy atom. The zero-order chi connectivity index (χ0) is 24.5. The zero-order valence-corrected chi connectivity index (χ0v) is 19.1. The molecule has 8 nitrogen and oxygen atoms in total. The number of benzene rings is 2. The van der Waals surface area contributed by atoms with Gasteiger partial charge in [-0.15, -0.1) is 0 Å². The maximum atomic E-state index is 12.7. The van der Waals surface area contributed by atoms with Gasteiger partial charge in [-0.2, -0.15) is 5.26 Å². The van der Waals surface area contributed by atoms with Crippen LogP contribution in [0.2, 0.25) is 0 Å². The van der Waals surface area contributed by atoms with Crippen LogP contribution in [-0.2, 0) is 14.3 Å². The van der Waals surface area contributed by atoms with Gasteiger partial charge < -0.3 is 20.5 Å². The number of hydrogen-bond acceptors (Lipinski definition) is 5. The van der Waals surface area contributed by atoms with Crippen LogP contribution in [0, 0.1) is 11.3 Å². The number of amides is 2. The monoisotopic (exact) mass is 463 g/mol. The van der Waals surface area contributed by atoms with E-state index in [2.05, 4.69) is 10.6 Å². The first-order valence-corrected chi connectivity index (χ1v) is 11.5. The number of ether oxygens (including phenoxy) is 1. The Balaban J connectivity index is 1.65. The van der Waals surface area contributed by atoms with Crippen LogP contribution in [-0.4, -0.2) is 41.8 Å². The molecule has 34 heavy (non-hydrogen) atoms. The normalized spacial score (nSPS) is 13.6. The first kappa shape index (κ1) is 24.8. The molecule has 0 aromatic heterocycles. The molecule has 0 bridgehead atoms. The van der Waals surface area contributed by atoms with Crippen LogP contribution in [0.1, 0.15) is 56.1 Å². The highest BCUT2D eigenvalue weighted by Crippen LogP contribution is 2.44. The minimum atomic E-state index is -1.14. The number of nitrogens with one attached hydrogen (secondary N) is 2. The molecule has 2 aromatic carbocycles. The van der Waals surface area contributed by atoms with Crippen molar-refractivity contribution in [2.24, 2.45) is 0 Å². The zero-order valence-electron chi connectivity index (χ0n) is 19.1. The summed E-state index contributed by atoms with van der Waals surface area (Å²) in [5, 5.41) is 23.0. The number of hydrogen-bond donors (Lipinski definition) is 3. The largest absolute Gasteiger partial charge is 0.480 e. The lowest BCUT2D eigenvalue weighted by Crippen LogP contribution is -2.51. The Bertz CT molecular complexity index is 1030. The Labute approximate surface area is 198 Å². The van der Waals surface area contributed by atoms with E-state index in [0.717, 1.165) is 22.3 Å². The summed E-state index contributed by atoms with van der Waals surface area (Å²) in [6.45, 7) is 1.76. The molecule has 0 heterocycles. The number of carbonyl (C=O) groups is 3. The summed E-state index contributed by atoms with van der Waals surface area (Å²) in [6.07, 6.45) is 1.18. The molecule has 0 aliphatic heterocycles. The third-order valence-electron chi connectivity index (χ3n) is 6.01. The SMILES string of the molecule is CC[C@H](NC(=O)C(CCCCC#N)NC(=O)OCC1c2ccccc2-c2ccccc21)C(=O)O. The number of unbranched alkanes of at least 4 members (excludes halogenated alkanes) is 2. The van der Waals surface area contributed by atoms with Crippen molar-refractivity contribution in [3.05, 3.63) is 59.7 Å². The maximum Gasteiger partial charge on any atom is 0.407 e. The van der Waals surface area contributed by atoms with E-state index in [1.807, 2.05) is 54.6 Å². The lowest BCUT2D eigenvalue weighted by molar-refractivity contribution is -0.142. The predicted molar refractivity (Wildman–Crippen MR) is 126 cm³/mol. The van der Waals surface area contributed by atoms with E-state index in [4.69, 9.17) is 10.00 Å². The fourth-order valence-electron chi connectivity index (χ4n) is 4.21. The topological polar surface area (TPSA) is 129 Å². The fourth-order valence-corrected chi connectivity index (χ4v) is 4.21. The quantitative estimate of drug-likeness (QED) is 0.433. The summed E-state index contributed by atoms with van der Waals surface area (Å²) in [5.41, 5.74) is 4.38. The highest BCUT2D eigenvalue weighted by atomic mass is 16.5. The van der Waals surface area contributed by atoms with Crippen LogP contribution < -0.4 is 10.6 Å². The molecule has 8 heteroatoms. The molecule has 0 spiro atoms. The van der Waals surface area contributed by atoms with Gasteiger partial charge in [0.2, 0.25) is 5.91 Å². The van der Waals surface area contributed by atoms with Gasteiger partial charge >= 0.3 is 12.1 Å². The molecular formula is C26H29N3O5. The van der Waals surface area contributed by atoms with E-state index < -0.39 is 30.1 Å². The molecule has 1 aliphatic rings. The van der Waals surface area contributed by atoms with Crippen LogP contribution in [0.3, 0.4) is 0 Å². The number of rotatable bonds is 11. The average Bonchev–Trinajstić information content (AvgIpc) is 3.16. The number of alkyl carbamates (subject to hydrolysis) is 1. The molecule has 1 unspecified atom stereocenters. The number of carbonyl (C=O) groups excluding carboxylic acids is 2. The van der Waals surface area contributed by atoms with Crippen LogP contribution in [0.25, 0.3) is 11.1 Å². The molecule has 2 aromatic rings. The van der Waals surface area contributed by atoms with E-state index in [0.29, 0.717) is 19.3 Å². The number of fused-ring (bicyclic) bond motifs is 3. The third-order valence-corrected chi connectivity index (χ3v) is 6.01. The van der Waals surface area contributed by atoms with Crippen LogP contribution in [0.4, 0.5) is 4.79 Å². The summed E-state index contributed by atoms with van der Waals surface area (Å²) in [7, 11) is 0. The van der Waals surface area contributed by atoms with E-state index >= 15 is 0 Å². The van der Waals surface area contributed by atoms with Gasteiger partial charge in [0.25, 0.3) is 0 Å². The predicted octanol–water partition coefficient (Wildman–Crippen LogP) is 3.96. The average molecular weight is 464 g/mol. The molecule has 0 fully saturated rings. The van der Waals surface area contributed by atoms with Gasteiger partial charge in [0.15, 0.2) is 0 Å². The highest BCUT2D eigenvalue weighted by Gasteiger charge is 2.30. The highest BCUT2D eigenvalue weighted by molar-refractivity contribution is 5.89. The fraction of sp³-hybridized carbons (Fsp3) is 0.385. The van der Waals surface area contributed by atoms with Crippen molar-refractivity contribution in [2.75, 3.05) is 6.61 Å². The van der Waals surface area contributed by atoms with E-state index in [1.54, 1.807) is 6.92 Å². The smallest absolute Gasteiger partial charge is 0.407 e. The van der Waals surface area contributed by atoms with Gasteiger partial charge in [0, 0.05) is 12.3 Å². The van der Waals surface area contributed by atoms with Crippen molar-refractivity contribution in [1.82, 2.24) is 10.6 Å². The Hall–Kier alpha value is -3.86. The van der Waals surface area contributed by atoms with Gasteiger partial charge in [-0.1, -0.05) is 55.5 Å². The van der Waals surface area contributed by atoms with Crippen LogP contribution in [0.15, 0.2) is 48.5 Å². The molecular weight excluding hydrogens is 434 g/mol. The molecule has 2 amide bonds. The summed E-state index contributed by atoms with van der Waals surface area (Å²) in [4.78, 5) is 36.6. The molecule has 2 atom stereocenters. The van der Waals surface area contributed by atoms with Crippen molar-refractivity contribution in [2.45, 2.75) is 57.0 Å². The molecule has 1 aliphatic carbocycles. The summed E-state index contributed by atoms with van der Waals surface area (Å²) >= 11 is 0. The number of nitrogens with zero attached hydrogens (tertiary/aromatic N) is 1. The van der Waals surface area contributed by atoms with E-state index in [1.165, 1.54) is 0 Å². The molecule has 0 saturated carbocycles. The second-order valence-electron chi connectivity index (χ2n) is 8.23. The lowest BCUT2D eigenvalue weighted by atomic mass is 9.98. The molecule has 3 N–H and O–H groups in total. The minimum absolute atomic E-state index is 0.106. The van der Waals surface area contributed by atoms with E-state index in [9.17, 15) is 19.5 Å². The Morgan fingerprint density at radius 1 is 1.00 bits per heavy atom. The Kier molecular flexibility index (Phi) is 8.63. The summed E-state index contributed by atoms with van der Waals surface area (Å²) in [5.74, 6) is -1.84. The molecule has 178 valence electrons. The van der Waals surface area contributed by atoms with Crippen molar-refractivity contribution in [3.8, 4) is 17.2 Å². The van der Waals surface area contributed by atoms with Crippen molar-refractivity contribution >= 4 is 18.0 Å². The maximum absolute atomic E-state index is 12.7.